The number of rotatable bonds is 2. The predicted octanol–water partition coefficient (Wildman–Crippen LogP) is 2.33. The van der Waals surface area contributed by atoms with Crippen molar-refractivity contribution in [3.05, 3.63) is 43.0 Å². The summed E-state index contributed by atoms with van der Waals surface area (Å²) >= 11 is 7.11. The number of thiazole rings is 1. The topological polar surface area (TPSA) is 47.8 Å². The van der Waals surface area contributed by atoms with Crippen LogP contribution in [0.3, 0.4) is 0 Å². The zero-order chi connectivity index (χ0) is 12.6. The van der Waals surface area contributed by atoms with Crippen molar-refractivity contribution < 1.29 is 0 Å². The molecule has 4 nitrogen and oxygen atoms in total. The maximum absolute atomic E-state index is 11.7. The average Bonchev–Trinajstić information content (AvgIpc) is 2.44. The number of aryl methyl sites for hydroxylation is 2. The van der Waals surface area contributed by atoms with Crippen molar-refractivity contribution in [2.45, 2.75) is 27.3 Å². The molecule has 0 aliphatic carbocycles. The number of halogens is 1. The first kappa shape index (κ1) is 12.3. The van der Waals surface area contributed by atoms with E-state index < -0.39 is 0 Å². The van der Waals surface area contributed by atoms with E-state index in [-0.39, 0.29) is 4.87 Å². The van der Waals surface area contributed by atoms with Gasteiger partial charge in [0.05, 0.1) is 6.54 Å². The van der Waals surface area contributed by atoms with Crippen molar-refractivity contribution in [1.29, 1.82) is 0 Å². The largest absolute Gasteiger partial charge is 0.307 e. The smallest absolute Gasteiger partial charge is 0.295 e. The van der Waals surface area contributed by atoms with Crippen molar-refractivity contribution in [3.8, 4) is 0 Å². The molecular weight excluding hydrogens is 258 g/mol. The zero-order valence-corrected chi connectivity index (χ0v) is 11.4. The Balaban J connectivity index is 2.41. The maximum Gasteiger partial charge on any atom is 0.307 e. The molecule has 0 radical (unpaired) electrons. The molecule has 0 aliphatic heterocycles. The second-order valence-electron chi connectivity index (χ2n) is 3.84. The zero-order valence-electron chi connectivity index (χ0n) is 9.82. The first-order valence-corrected chi connectivity index (χ1v) is 6.33. The minimum Gasteiger partial charge on any atom is -0.295 e. The Labute approximate surface area is 108 Å². The highest BCUT2D eigenvalue weighted by Gasteiger charge is 2.10. The Bertz CT molecular complexity index is 597. The van der Waals surface area contributed by atoms with Crippen molar-refractivity contribution in [2.75, 3.05) is 0 Å². The highest BCUT2D eigenvalue weighted by atomic mass is 35.5. The fourth-order valence-corrected chi connectivity index (χ4v) is 2.66. The Morgan fingerprint density at radius 2 is 2.06 bits per heavy atom. The van der Waals surface area contributed by atoms with Crippen molar-refractivity contribution in [2.24, 2.45) is 0 Å². The molecule has 2 aromatic rings. The molecule has 2 rings (SSSR count). The summed E-state index contributed by atoms with van der Waals surface area (Å²) in [4.78, 5) is 21.2. The predicted molar refractivity (Wildman–Crippen MR) is 68.9 cm³/mol. The van der Waals surface area contributed by atoms with Gasteiger partial charge in [0, 0.05) is 16.3 Å². The van der Waals surface area contributed by atoms with Crippen molar-refractivity contribution in [1.82, 2.24) is 14.5 Å². The van der Waals surface area contributed by atoms with Gasteiger partial charge in [-0.3, -0.25) is 9.36 Å². The number of nitrogens with zero attached hydrogens (tertiary/aromatic N) is 3. The van der Waals surface area contributed by atoms with Gasteiger partial charge in [-0.1, -0.05) is 22.9 Å². The molecule has 0 bridgehead atoms. The SMILES string of the molecule is Cc1cc(Cl)nc(Cn2c(C)c(C)sc2=O)n1. The van der Waals surface area contributed by atoms with Gasteiger partial charge in [-0.2, -0.15) is 0 Å². The van der Waals surface area contributed by atoms with Crippen LogP contribution in [0.1, 0.15) is 22.1 Å². The summed E-state index contributed by atoms with van der Waals surface area (Å²) in [5, 5.41) is 0.408. The van der Waals surface area contributed by atoms with E-state index in [0.717, 1.165) is 16.3 Å². The fraction of sp³-hybridized carbons (Fsp3) is 0.364. The van der Waals surface area contributed by atoms with Gasteiger partial charge < -0.3 is 0 Å². The van der Waals surface area contributed by atoms with Crippen LogP contribution in [0.4, 0.5) is 0 Å². The summed E-state index contributed by atoms with van der Waals surface area (Å²) in [6.45, 7) is 6.08. The number of hydrogen-bond acceptors (Lipinski definition) is 4. The van der Waals surface area contributed by atoms with Crippen LogP contribution in [0.15, 0.2) is 10.9 Å². The molecule has 0 amide bonds. The number of hydrogen-bond donors (Lipinski definition) is 0. The third kappa shape index (κ3) is 2.56. The second-order valence-corrected chi connectivity index (χ2v) is 5.40. The lowest BCUT2D eigenvalue weighted by Gasteiger charge is -2.05. The molecule has 90 valence electrons. The summed E-state index contributed by atoms with van der Waals surface area (Å²) < 4.78 is 1.67. The van der Waals surface area contributed by atoms with Crippen LogP contribution < -0.4 is 4.87 Å². The summed E-state index contributed by atoms with van der Waals surface area (Å²) in [7, 11) is 0. The van der Waals surface area contributed by atoms with Gasteiger partial charge in [-0.15, -0.1) is 0 Å². The quantitative estimate of drug-likeness (QED) is 0.786. The van der Waals surface area contributed by atoms with E-state index in [1.54, 1.807) is 10.6 Å². The molecule has 17 heavy (non-hydrogen) atoms. The van der Waals surface area contributed by atoms with E-state index >= 15 is 0 Å². The molecule has 2 heterocycles. The second kappa shape index (κ2) is 4.58. The van der Waals surface area contributed by atoms with E-state index in [9.17, 15) is 4.79 Å². The highest BCUT2D eigenvalue weighted by molar-refractivity contribution is 7.09. The minimum atomic E-state index is 0.0150. The molecule has 0 N–H and O–H groups in total. The lowest BCUT2D eigenvalue weighted by Crippen LogP contribution is -2.17. The molecule has 0 spiro atoms. The minimum absolute atomic E-state index is 0.0150. The lowest BCUT2D eigenvalue weighted by molar-refractivity contribution is 0.705. The van der Waals surface area contributed by atoms with Gasteiger partial charge in [0.15, 0.2) is 0 Å². The summed E-state index contributed by atoms with van der Waals surface area (Å²) in [6.07, 6.45) is 0. The third-order valence-corrected chi connectivity index (χ3v) is 3.73. The van der Waals surface area contributed by atoms with E-state index in [1.807, 2.05) is 20.8 Å². The molecule has 2 aromatic heterocycles. The average molecular weight is 270 g/mol. The van der Waals surface area contributed by atoms with Gasteiger partial charge in [0.1, 0.15) is 11.0 Å². The standard InChI is InChI=1S/C11H12ClN3OS/c1-6-4-9(12)14-10(13-6)5-15-7(2)8(3)17-11(15)16/h4H,5H2,1-3H3. The van der Waals surface area contributed by atoms with Gasteiger partial charge in [-0.05, 0) is 26.8 Å². The molecule has 0 fully saturated rings. The van der Waals surface area contributed by atoms with Crippen LogP contribution in [0, 0.1) is 20.8 Å². The van der Waals surface area contributed by atoms with Crippen molar-refractivity contribution in [3.63, 3.8) is 0 Å². The Morgan fingerprint density at radius 1 is 1.35 bits per heavy atom. The van der Waals surface area contributed by atoms with Gasteiger partial charge >= 0.3 is 4.87 Å². The van der Waals surface area contributed by atoms with Crippen LogP contribution in [-0.2, 0) is 6.54 Å². The molecular formula is C11H12ClN3OS. The van der Waals surface area contributed by atoms with Crippen LogP contribution in [0.25, 0.3) is 0 Å². The Hall–Kier alpha value is -1.20. The van der Waals surface area contributed by atoms with Crippen LogP contribution in [-0.4, -0.2) is 14.5 Å². The van der Waals surface area contributed by atoms with E-state index in [4.69, 9.17) is 11.6 Å². The summed E-state index contributed by atoms with van der Waals surface area (Å²) in [6, 6.07) is 1.69. The molecule has 0 saturated heterocycles. The maximum atomic E-state index is 11.7. The van der Waals surface area contributed by atoms with Crippen LogP contribution in [0.5, 0.6) is 0 Å². The molecule has 0 aliphatic rings. The van der Waals surface area contributed by atoms with Crippen LogP contribution in [0.2, 0.25) is 5.15 Å². The van der Waals surface area contributed by atoms with Gasteiger partial charge in [-0.25, -0.2) is 9.97 Å². The summed E-state index contributed by atoms with van der Waals surface area (Å²) in [5.74, 6) is 0.568. The normalized spacial score (nSPS) is 10.8. The first-order chi connectivity index (χ1) is 7.97. The monoisotopic (exact) mass is 269 g/mol. The Morgan fingerprint density at radius 3 is 2.59 bits per heavy atom. The third-order valence-electron chi connectivity index (χ3n) is 2.54. The fourth-order valence-electron chi connectivity index (χ4n) is 1.57. The van der Waals surface area contributed by atoms with Gasteiger partial charge in [0.2, 0.25) is 0 Å². The van der Waals surface area contributed by atoms with Crippen LogP contribution >= 0.6 is 22.9 Å². The van der Waals surface area contributed by atoms with E-state index in [1.165, 1.54) is 11.3 Å². The number of aromatic nitrogens is 3. The highest BCUT2D eigenvalue weighted by Crippen LogP contribution is 2.12. The molecule has 0 saturated carbocycles. The molecule has 0 unspecified atom stereocenters. The lowest BCUT2D eigenvalue weighted by atomic mass is 10.4. The van der Waals surface area contributed by atoms with Crippen molar-refractivity contribution >= 4 is 22.9 Å². The van der Waals surface area contributed by atoms with Gasteiger partial charge in [0.25, 0.3) is 0 Å². The van der Waals surface area contributed by atoms with E-state index in [2.05, 4.69) is 9.97 Å². The molecule has 0 atom stereocenters. The summed E-state index contributed by atoms with van der Waals surface area (Å²) in [5.41, 5.74) is 1.76. The molecule has 0 aromatic carbocycles. The Kier molecular flexibility index (Phi) is 3.31. The first-order valence-electron chi connectivity index (χ1n) is 5.14. The molecule has 6 heteroatoms. The van der Waals surface area contributed by atoms with E-state index in [0.29, 0.717) is 17.5 Å².